The van der Waals surface area contributed by atoms with Gasteiger partial charge in [-0.25, -0.2) is 4.98 Å². The van der Waals surface area contributed by atoms with Crippen LogP contribution in [0.1, 0.15) is 16.4 Å². The number of nitrogens with zero attached hydrogens (tertiary/aromatic N) is 5. The molecule has 0 saturated carbocycles. The summed E-state index contributed by atoms with van der Waals surface area (Å²) in [6, 6.07) is 7.36. The maximum Gasteiger partial charge on any atom is 0.295 e. The fourth-order valence-corrected chi connectivity index (χ4v) is 1.94. The average molecular weight is 283 g/mol. The highest BCUT2D eigenvalue weighted by Crippen LogP contribution is 2.25. The van der Waals surface area contributed by atoms with Gasteiger partial charge in [0.25, 0.3) is 5.91 Å². The Morgan fingerprint density at radius 3 is 2.81 bits per heavy atom. The van der Waals surface area contributed by atoms with Gasteiger partial charge >= 0.3 is 0 Å². The summed E-state index contributed by atoms with van der Waals surface area (Å²) in [6.45, 7) is 1.73. The van der Waals surface area contributed by atoms with Gasteiger partial charge in [-0.2, -0.15) is 0 Å². The number of para-hydroxylation sites is 1. The number of carbonyl (C=O) groups excluding carboxylic acids is 1. The van der Waals surface area contributed by atoms with Crippen molar-refractivity contribution in [3.05, 3.63) is 42.2 Å². The summed E-state index contributed by atoms with van der Waals surface area (Å²) >= 11 is 0. The van der Waals surface area contributed by atoms with E-state index in [-0.39, 0.29) is 11.7 Å². The van der Waals surface area contributed by atoms with Crippen molar-refractivity contribution in [3.8, 4) is 11.4 Å². The van der Waals surface area contributed by atoms with Crippen LogP contribution in [0.3, 0.4) is 0 Å². The molecule has 8 heteroatoms. The van der Waals surface area contributed by atoms with Gasteiger partial charge in [-0.1, -0.05) is 12.1 Å². The van der Waals surface area contributed by atoms with E-state index >= 15 is 0 Å². The topological polar surface area (TPSA) is 101 Å². The summed E-state index contributed by atoms with van der Waals surface area (Å²) in [5.74, 6) is 0.966. The predicted octanol–water partition coefficient (Wildman–Crippen LogP) is 1.16. The summed E-state index contributed by atoms with van der Waals surface area (Å²) in [6.07, 6.45) is 1.60. The number of amides is 1. The van der Waals surface area contributed by atoms with E-state index in [1.165, 1.54) is 0 Å². The second-order valence-electron chi connectivity index (χ2n) is 4.51. The van der Waals surface area contributed by atoms with E-state index in [1.807, 2.05) is 25.2 Å². The third-order valence-corrected chi connectivity index (χ3v) is 2.93. The van der Waals surface area contributed by atoms with E-state index in [1.54, 1.807) is 23.9 Å². The quantitative estimate of drug-likeness (QED) is 0.751. The zero-order valence-corrected chi connectivity index (χ0v) is 11.5. The zero-order valence-electron chi connectivity index (χ0n) is 11.5. The molecule has 3 rings (SSSR count). The molecular weight excluding hydrogens is 270 g/mol. The standard InChI is InChI=1S/C13H13N7O/c1-8-15-11(18-17-8)13(21)16-10-6-4-3-5-9(10)12-19-14-7-20(12)2/h3-7H,1-2H3,(H,16,21)(H,15,17,18). The first-order valence-corrected chi connectivity index (χ1v) is 6.29. The van der Waals surface area contributed by atoms with Gasteiger partial charge in [-0.3, -0.25) is 9.89 Å². The average Bonchev–Trinajstić information content (AvgIpc) is 3.08. The molecule has 0 atom stereocenters. The molecule has 0 aliphatic rings. The van der Waals surface area contributed by atoms with E-state index in [4.69, 9.17) is 0 Å². The number of aromatic nitrogens is 6. The number of rotatable bonds is 3. The van der Waals surface area contributed by atoms with Crippen LogP contribution in [0.5, 0.6) is 0 Å². The predicted molar refractivity (Wildman–Crippen MR) is 75.5 cm³/mol. The minimum atomic E-state index is -0.381. The Balaban J connectivity index is 1.93. The summed E-state index contributed by atoms with van der Waals surface area (Å²) in [4.78, 5) is 16.1. The molecule has 1 amide bonds. The van der Waals surface area contributed by atoms with Gasteiger partial charge in [0.2, 0.25) is 5.82 Å². The smallest absolute Gasteiger partial charge is 0.295 e. The van der Waals surface area contributed by atoms with Crippen LogP contribution in [-0.4, -0.2) is 35.9 Å². The van der Waals surface area contributed by atoms with Crippen molar-refractivity contribution in [2.75, 3.05) is 5.32 Å². The molecule has 2 aromatic heterocycles. The van der Waals surface area contributed by atoms with Crippen molar-refractivity contribution < 1.29 is 4.79 Å². The van der Waals surface area contributed by atoms with Crippen molar-refractivity contribution in [2.45, 2.75) is 6.92 Å². The lowest BCUT2D eigenvalue weighted by Gasteiger charge is -2.09. The first-order chi connectivity index (χ1) is 10.1. The summed E-state index contributed by atoms with van der Waals surface area (Å²) in [5.41, 5.74) is 1.40. The Bertz CT molecular complexity index is 789. The largest absolute Gasteiger partial charge is 0.319 e. The van der Waals surface area contributed by atoms with Gasteiger partial charge in [0.05, 0.1) is 5.69 Å². The highest BCUT2D eigenvalue weighted by Gasteiger charge is 2.15. The number of H-pyrrole nitrogens is 1. The van der Waals surface area contributed by atoms with Gasteiger partial charge in [0, 0.05) is 12.6 Å². The fourth-order valence-electron chi connectivity index (χ4n) is 1.94. The maximum atomic E-state index is 12.1. The van der Waals surface area contributed by atoms with Gasteiger partial charge in [-0.05, 0) is 19.1 Å². The van der Waals surface area contributed by atoms with Crippen molar-refractivity contribution in [1.29, 1.82) is 0 Å². The van der Waals surface area contributed by atoms with Crippen molar-refractivity contribution in [3.63, 3.8) is 0 Å². The van der Waals surface area contributed by atoms with Crippen LogP contribution in [0.25, 0.3) is 11.4 Å². The highest BCUT2D eigenvalue weighted by molar-refractivity contribution is 6.03. The third-order valence-electron chi connectivity index (χ3n) is 2.93. The highest BCUT2D eigenvalue weighted by atomic mass is 16.2. The van der Waals surface area contributed by atoms with Crippen molar-refractivity contribution in [2.24, 2.45) is 7.05 Å². The molecule has 2 N–H and O–H groups in total. The van der Waals surface area contributed by atoms with E-state index in [0.29, 0.717) is 17.3 Å². The second kappa shape index (κ2) is 5.16. The normalized spacial score (nSPS) is 10.6. The lowest BCUT2D eigenvalue weighted by Crippen LogP contribution is -2.14. The maximum absolute atomic E-state index is 12.1. The van der Waals surface area contributed by atoms with E-state index in [9.17, 15) is 4.79 Å². The van der Waals surface area contributed by atoms with Crippen LogP contribution in [0.2, 0.25) is 0 Å². The Labute approximate surface area is 120 Å². The molecular formula is C13H13N7O. The molecule has 8 nitrogen and oxygen atoms in total. The van der Waals surface area contributed by atoms with Crippen molar-refractivity contribution in [1.82, 2.24) is 29.9 Å². The Hall–Kier alpha value is -3.03. The molecule has 2 heterocycles. The molecule has 3 aromatic rings. The van der Waals surface area contributed by atoms with Gasteiger partial charge in [0.1, 0.15) is 12.2 Å². The number of carbonyl (C=O) groups is 1. The van der Waals surface area contributed by atoms with Crippen LogP contribution >= 0.6 is 0 Å². The molecule has 0 fully saturated rings. The molecule has 106 valence electrons. The molecule has 0 saturated heterocycles. The van der Waals surface area contributed by atoms with E-state index in [2.05, 4.69) is 30.7 Å². The number of aromatic amines is 1. The monoisotopic (exact) mass is 283 g/mol. The van der Waals surface area contributed by atoms with Gasteiger partial charge in [0.15, 0.2) is 5.82 Å². The summed E-state index contributed by atoms with van der Waals surface area (Å²) < 4.78 is 1.78. The molecule has 0 aliphatic carbocycles. The number of nitrogens with one attached hydrogen (secondary N) is 2. The third kappa shape index (κ3) is 2.50. The van der Waals surface area contributed by atoms with Crippen LogP contribution in [0.15, 0.2) is 30.6 Å². The minimum absolute atomic E-state index is 0.0975. The lowest BCUT2D eigenvalue weighted by molar-refractivity contribution is 0.101. The summed E-state index contributed by atoms with van der Waals surface area (Å²) in [7, 11) is 1.84. The molecule has 21 heavy (non-hydrogen) atoms. The number of hydrogen-bond acceptors (Lipinski definition) is 5. The van der Waals surface area contributed by atoms with Crippen LogP contribution in [0, 0.1) is 6.92 Å². The second-order valence-corrected chi connectivity index (χ2v) is 4.51. The summed E-state index contributed by atoms with van der Waals surface area (Å²) in [5, 5.41) is 17.2. The first kappa shape index (κ1) is 13.0. The van der Waals surface area contributed by atoms with Gasteiger partial charge < -0.3 is 9.88 Å². The lowest BCUT2D eigenvalue weighted by atomic mass is 10.1. The van der Waals surface area contributed by atoms with E-state index in [0.717, 1.165) is 5.56 Å². The van der Waals surface area contributed by atoms with Crippen LogP contribution in [-0.2, 0) is 7.05 Å². The molecule has 0 spiro atoms. The molecule has 0 unspecified atom stereocenters. The fraction of sp³-hybridized carbons (Fsp3) is 0.154. The van der Waals surface area contributed by atoms with Crippen LogP contribution in [0.4, 0.5) is 5.69 Å². The Morgan fingerprint density at radius 2 is 2.14 bits per heavy atom. The number of anilines is 1. The van der Waals surface area contributed by atoms with Crippen LogP contribution < -0.4 is 5.32 Å². The Kier molecular flexibility index (Phi) is 3.19. The number of hydrogen-bond donors (Lipinski definition) is 2. The SMILES string of the molecule is Cc1nc(C(=O)Nc2ccccc2-c2nncn2C)n[nH]1. The molecule has 0 bridgehead atoms. The van der Waals surface area contributed by atoms with Gasteiger partial charge in [-0.15, -0.1) is 15.3 Å². The van der Waals surface area contributed by atoms with E-state index < -0.39 is 0 Å². The van der Waals surface area contributed by atoms with Crippen molar-refractivity contribution >= 4 is 11.6 Å². The molecule has 0 aliphatic heterocycles. The number of benzene rings is 1. The first-order valence-electron chi connectivity index (χ1n) is 6.29. The molecule has 0 radical (unpaired) electrons. The Morgan fingerprint density at radius 1 is 1.33 bits per heavy atom. The minimum Gasteiger partial charge on any atom is -0.319 e. The molecule has 1 aromatic carbocycles. The number of aryl methyl sites for hydroxylation is 2. The zero-order chi connectivity index (χ0) is 14.8.